The van der Waals surface area contributed by atoms with Gasteiger partial charge in [-0.05, 0) is 74.0 Å². The number of amides is 1. The first-order valence-electron chi connectivity index (χ1n) is 11.9. The first kappa shape index (κ1) is 26.2. The van der Waals surface area contributed by atoms with Crippen molar-refractivity contribution in [3.05, 3.63) is 78.0 Å². The van der Waals surface area contributed by atoms with E-state index in [1.54, 1.807) is 68.6 Å². The number of aromatic nitrogens is 1. The van der Waals surface area contributed by atoms with E-state index in [1.165, 1.54) is 20.9 Å². The number of benzene rings is 3. The molecule has 0 atom stereocenters. The lowest BCUT2D eigenvalue weighted by atomic mass is 10.2. The predicted molar refractivity (Wildman–Crippen MR) is 148 cm³/mol. The Hall–Kier alpha value is -3.91. The molecule has 0 aliphatic heterocycles. The number of carbonyl (C=O) groups is 1. The summed E-state index contributed by atoms with van der Waals surface area (Å²) < 4.78 is 16.9. The Morgan fingerprint density at radius 2 is 1.68 bits per heavy atom. The Morgan fingerprint density at radius 3 is 2.38 bits per heavy atom. The summed E-state index contributed by atoms with van der Waals surface area (Å²) in [6.45, 7) is 4.58. The number of fused-ring (bicyclic) bond motifs is 1. The van der Waals surface area contributed by atoms with Crippen molar-refractivity contribution in [2.45, 2.75) is 25.2 Å². The number of aryl methyl sites for hydroxylation is 2. The minimum Gasteiger partial charge on any atom is -0.493 e. The fourth-order valence-electron chi connectivity index (χ4n) is 3.96. The van der Waals surface area contributed by atoms with Crippen molar-refractivity contribution in [1.29, 1.82) is 0 Å². The lowest BCUT2D eigenvalue weighted by Crippen LogP contribution is -2.30. The van der Waals surface area contributed by atoms with Crippen LogP contribution in [0.3, 0.4) is 0 Å². The monoisotopic (exact) mass is 518 g/mol. The molecule has 1 amide bonds. The summed E-state index contributed by atoms with van der Waals surface area (Å²) in [5, 5.41) is 10.6. The van der Waals surface area contributed by atoms with Gasteiger partial charge in [0.05, 0.1) is 19.7 Å². The molecule has 1 aromatic heterocycles. The first-order chi connectivity index (χ1) is 17.9. The summed E-state index contributed by atoms with van der Waals surface area (Å²) in [5.41, 5.74) is 3.77. The third-order valence-corrected chi connectivity index (χ3v) is 7.18. The van der Waals surface area contributed by atoms with E-state index in [0.717, 1.165) is 17.6 Å². The van der Waals surface area contributed by atoms with E-state index >= 15 is 0 Å². The highest BCUT2D eigenvalue weighted by Gasteiger charge is 2.15. The zero-order chi connectivity index (χ0) is 26.4. The quantitative estimate of drug-likeness (QED) is 0.174. The van der Waals surface area contributed by atoms with Gasteiger partial charge in [0.2, 0.25) is 0 Å². The first-order valence-corrected chi connectivity index (χ1v) is 12.9. The van der Waals surface area contributed by atoms with Crippen molar-refractivity contribution in [2.24, 2.45) is 0 Å². The Morgan fingerprint density at radius 1 is 0.946 bits per heavy atom. The SMILES string of the molecule is COc1cc2nccc(Oc3ccc(N(CCCSc4cc(C)ccc4C)C(=O)O)cc3)c2cc1OC. The van der Waals surface area contributed by atoms with E-state index in [9.17, 15) is 9.90 Å². The van der Waals surface area contributed by atoms with Gasteiger partial charge in [0.25, 0.3) is 0 Å². The Balaban J connectivity index is 1.43. The largest absolute Gasteiger partial charge is 0.493 e. The molecule has 0 saturated heterocycles. The average Bonchev–Trinajstić information content (AvgIpc) is 2.90. The molecule has 0 aliphatic carbocycles. The molecular weight excluding hydrogens is 488 g/mol. The summed E-state index contributed by atoms with van der Waals surface area (Å²) in [5.74, 6) is 3.19. The highest BCUT2D eigenvalue weighted by Crippen LogP contribution is 2.37. The van der Waals surface area contributed by atoms with Crippen LogP contribution in [0.4, 0.5) is 10.5 Å². The lowest BCUT2D eigenvalue weighted by molar-refractivity contribution is 0.202. The van der Waals surface area contributed by atoms with Crippen LogP contribution in [-0.4, -0.2) is 42.7 Å². The number of methoxy groups -OCH3 is 2. The van der Waals surface area contributed by atoms with Gasteiger partial charge in [-0.2, -0.15) is 0 Å². The van der Waals surface area contributed by atoms with Crippen molar-refractivity contribution >= 4 is 34.4 Å². The molecule has 4 aromatic rings. The van der Waals surface area contributed by atoms with Crippen molar-refractivity contribution in [3.8, 4) is 23.0 Å². The molecule has 192 valence electrons. The number of hydrogen-bond donors (Lipinski definition) is 1. The van der Waals surface area contributed by atoms with Gasteiger partial charge >= 0.3 is 6.09 Å². The minimum absolute atomic E-state index is 0.407. The number of rotatable bonds is 10. The van der Waals surface area contributed by atoms with Crippen LogP contribution in [0, 0.1) is 13.8 Å². The van der Waals surface area contributed by atoms with Gasteiger partial charge in [-0.25, -0.2) is 4.79 Å². The normalized spacial score (nSPS) is 10.8. The molecule has 0 saturated carbocycles. The van der Waals surface area contributed by atoms with Crippen LogP contribution >= 0.6 is 11.8 Å². The minimum atomic E-state index is -0.980. The molecule has 37 heavy (non-hydrogen) atoms. The van der Waals surface area contributed by atoms with Gasteiger partial charge in [-0.3, -0.25) is 9.88 Å². The molecule has 8 heteroatoms. The second kappa shape index (κ2) is 11.9. The van der Waals surface area contributed by atoms with Gasteiger partial charge in [0.15, 0.2) is 11.5 Å². The highest BCUT2D eigenvalue weighted by molar-refractivity contribution is 7.99. The molecule has 3 aromatic carbocycles. The fourth-order valence-corrected chi connectivity index (χ4v) is 5.02. The Bertz CT molecular complexity index is 1390. The standard InChI is InChI=1S/C29H30N2O5S/c1-19-6-7-20(2)28(16-19)37-15-5-14-31(29(32)33)21-8-10-22(11-9-21)36-25-12-13-30-24-18-27(35-4)26(34-3)17-23(24)25/h6-13,16-18H,5,14-15H2,1-4H3,(H,32,33). The molecule has 0 radical (unpaired) electrons. The smallest absolute Gasteiger partial charge is 0.411 e. The maximum Gasteiger partial charge on any atom is 0.411 e. The van der Waals surface area contributed by atoms with E-state index in [2.05, 4.69) is 37.0 Å². The van der Waals surface area contributed by atoms with Crippen molar-refractivity contribution in [2.75, 3.05) is 31.4 Å². The van der Waals surface area contributed by atoms with Crippen LogP contribution in [0.25, 0.3) is 10.9 Å². The number of thioether (sulfide) groups is 1. The van der Waals surface area contributed by atoms with E-state index in [-0.39, 0.29) is 0 Å². The summed E-state index contributed by atoms with van der Waals surface area (Å²) in [7, 11) is 3.16. The van der Waals surface area contributed by atoms with E-state index < -0.39 is 6.09 Å². The second-order valence-corrected chi connectivity index (χ2v) is 9.67. The summed E-state index contributed by atoms with van der Waals surface area (Å²) in [6.07, 6.45) is 1.42. The molecule has 1 heterocycles. The zero-order valence-electron chi connectivity index (χ0n) is 21.4. The van der Waals surface area contributed by atoms with Crippen LogP contribution in [0.2, 0.25) is 0 Å². The van der Waals surface area contributed by atoms with E-state index in [1.807, 2.05) is 6.07 Å². The molecule has 0 aliphatic rings. The van der Waals surface area contributed by atoms with Crippen LogP contribution in [0.5, 0.6) is 23.0 Å². The number of carboxylic acid groups (broad SMARTS) is 1. The second-order valence-electron chi connectivity index (χ2n) is 8.53. The van der Waals surface area contributed by atoms with Crippen molar-refractivity contribution in [1.82, 2.24) is 4.98 Å². The van der Waals surface area contributed by atoms with Crippen molar-refractivity contribution in [3.63, 3.8) is 0 Å². The molecule has 0 spiro atoms. The third-order valence-electron chi connectivity index (χ3n) is 5.94. The molecule has 1 N–H and O–H groups in total. The zero-order valence-corrected chi connectivity index (χ0v) is 22.2. The molecule has 0 bridgehead atoms. The summed E-state index contributed by atoms with van der Waals surface area (Å²) in [4.78, 5) is 19.0. The summed E-state index contributed by atoms with van der Waals surface area (Å²) in [6, 6.07) is 18.8. The predicted octanol–water partition coefficient (Wildman–Crippen LogP) is 7.33. The lowest BCUT2D eigenvalue weighted by Gasteiger charge is -2.20. The summed E-state index contributed by atoms with van der Waals surface area (Å²) >= 11 is 1.76. The van der Waals surface area contributed by atoms with Crippen LogP contribution in [0.1, 0.15) is 17.5 Å². The molecular formula is C29H30N2O5S. The highest BCUT2D eigenvalue weighted by atomic mass is 32.2. The van der Waals surface area contributed by atoms with Gasteiger partial charge in [0.1, 0.15) is 11.5 Å². The number of nitrogens with zero attached hydrogens (tertiary/aromatic N) is 2. The van der Waals surface area contributed by atoms with Crippen LogP contribution in [0.15, 0.2) is 71.8 Å². The number of pyridine rings is 1. The van der Waals surface area contributed by atoms with Gasteiger partial charge < -0.3 is 19.3 Å². The Labute approximate surface area is 221 Å². The third kappa shape index (κ3) is 6.27. The fraction of sp³-hybridized carbons (Fsp3) is 0.241. The van der Waals surface area contributed by atoms with E-state index in [4.69, 9.17) is 14.2 Å². The van der Waals surface area contributed by atoms with Gasteiger partial charge in [-0.15, -0.1) is 11.8 Å². The van der Waals surface area contributed by atoms with Crippen LogP contribution in [-0.2, 0) is 0 Å². The molecule has 7 nitrogen and oxygen atoms in total. The maximum absolute atomic E-state index is 12.0. The van der Waals surface area contributed by atoms with Gasteiger partial charge in [-0.1, -0.05) is 17.7 Å². The average molecular weight is 519 g/mol. The topological polar surface area (TPSA) is 81.1 Å². The van der Waals surface area contributed by atoms with Gasteiger partial charge in [0, 0.05) is 34.8 Å². The number of hydrogen-bond acceptors (Lipinski definition) is 6. The van der Waals surface area contributed by atoms with Crippen molar-refractivity contribution < 1.29 is 24.1 Å². The molecule has 0 unspecified atom stereocenters. The Kier molecular flexibility index (Phi) is 8.40. The number of anilines is 1. The molecule has 4 rings (SSSR count). The molecule has 0 fully saturated rings. The van der Waals surface area contributed by atoms with Crippen LogP contribution < -0.4 is 19.1 Å². The maximum atomic E-state index is 12.0. The van der Waals surface area contributed by atoms with E-state index in [0.29, 0.717) is 40.7 Å². The number of ether oxygens (including phenoxy) is 3.